The third-order valence-corrected chi connectivity index (χ3v) is 3.79. The number of aryl methyl sites for hydroxylation is 1. The maximum atomic E-state index is 8.88. The van der Waals surface area contributed by atoms with Gasteiger partial charge in [-0.1, -0.05) is 12.1 Å². The minimum Gasteiger partial charge on any atom is -0.343 e. The summed E-state index contributed by atoms with van der Waals surface area (Å²) in [6, 6.07) is 14.0. The van der Waals surface area contributed by atoms with Crippen LogP contribution in [0.1, 0.15) is 22.6 Å². The SMILES string of the molecule is Cc1cc(-c2ccc(C#N)cc2)c(C)n1Cc1ccn[nH]1. The molecule has 2 aromatic heterocycles. The van der Waals surface area contributed by atoms with E-state index in [0.29, 0.717) is 5.56 Å². The molecule has 3 aromatic rings. The first kappa shape index (κ1) is 13.2. The van der Waals surface area contributed by atoms with Crippen LogP contribution < -0.4 is 0 Å². The van der Waals surface area contributed by atoms with Crippen LogP contribution in [0.3, 0.4) is 0 Å². The third kappa shape index (κ3) is 2.46. The third-order valence-electron chi connectivity index (χ3n) is 3.79. The molecule has 0 fully saturated rings. The molecule has 0 aliphatic heterocycles. The zero-order valence-electron chi connectivity index (χ0n) is 12.1. The summed E-state index contributed by atoms with van der Waals surface area (Å²) in [5, 5.41) is 15.9. The molecule has 2 heterocycles. The van der Waals surface area contributed by atoms with Crippen LogP contribution in [0.2, 0.25) is 0 Å². The van der Waals surface area contributed by atoms with Crippen molar-refractivity contribution in [1.29, 1.82) is 5.26 Å². The van der Waals surface area contributed by atoms with Crippen molar-refractivity contribution in [2.45, 2.75) is 20.4 Å². The molecule has 0 aliphatic rings. The van der Waals surface area contributed by atoms with Crippen LogP contribution in [0.15, 0.2) is 42.6 Å². The lowest BCUT2D eigenvalue weighted by molar-refractivity contribution is 0.727. The molecule has 0 aliphatic carbocycles. The van der Waals surface area contributed by atoms with Crippen molar-refractivity contribution in [3.05, 3.63) is 65.2 Å². The topological polar surface area (TPSA) is 57.4 Å². The second-order valence-corrected chi connectivity index (χ2v) is 5.14. The average molecular weight is 276 g/mol. The van der Waals surface area contributed by atoms with E-state index in [1.807, 2.05) is 30.3 Å². The molecule has 0 radical (unpaired) electrons. The van der Waals surface area contributed by atoms with Crippen LogP contribution in [-0.2, 0) is 6.54 Å². The standard InChI is InChI=1S/C17H16N4/c1-12-9-17(15-5-3-14(10-18)4-6-15)13(2)21(12)11-16-7-8-19-20-16/h3-9H,11H2,1-2H3,(H,19,20). The van der Waals surface area contributed by atoms with Gasteiger partial charge in [-0.25, -0.2) is 0 Å². The summed E-state index contributed by atoms with van der Waals surface area (Å²) in [6.45, 7) is 5.02. The predicted octanol–water partition coefficient (Wildman–Crippen LogP) is 3.42. The van der Waals surface area contributed by atoms with Crippen LogP contribution in [0.25, 0.3) is 11.1 Å². The average Bonchev–Trinajstić information content (AvgIpc) is 3.11. The van der Waals surface area contributed by atoms with Crippen molar-refractivity contribution in [2.24, 2.45) is 0 Å². The fourth-order valence-electron chi connectivity index (χ4n) is 2.60. The van der Waals surface area contributed by atoms with Crippen molar-refractivity contribution in [3.8, 4) is 17.2 Å². The number of hydrogen-bond acceptors (Lipinski definition) is 2. The van der Waals surface area contributed by atoms with Crippen LogP contribution >= 0.6 is 0 Å². The molecule has 4 nitrogen and oxygen atoms in total. The normalized spacial score (nSPS) is 10.5. The molecule has 4 heteroatoms. The first-order valence-electron chi connectivity index (χ1n) is 6.84. The number of benzene rings is 1. The predicted molar refractivity (Wildman–Crippen MR) is 81.7 cm³/mol. The van der Waals surface area contributed by atoms with Gasteiger partial charge < -0.3 is 4.57 Å². The Morgan fingerprint density at radius 2 is 1.95 bits per heavy atom. The minimum absolute atomic E-state index is 0.685. The van der Waals surface area contributed by atoms with Gasteiger partial charge in [-0.2, -0.15) is 10.4 Å². The Balaban J connectivity index is 1.98. The summed E-state index contributed by atoms with van der Waals surface area (Å²) in [4.78, 5) is 0. The largest absolute Gasteiger partial charge is 0.343 e. The highest BCUT2D eigenvalue weighted by molar-refractivity contribution is 5.68. The maximum Gasteiger partial charge on any atom is 0.0991 e. The summed E-state index contributed by atoms with van der Waals surface area (Å²) in [6.07, 6.45) is 1.77. The summed E-state index contributed by atoms with van der Waals surface area (Å²) < 4.78 is 2.26. The maximum absolute atomic E-state index is 8.88. The highest BCUT2D eigenvalue weighted by atomic mass is 15.1. The quantitative estimate of drug-likeness (QED) is 0.797. The van der Waals surface area contributed by atoms with Gasteiger partial charge >= 0.3 is 0 Å². The highest BCUT2D eigenvalue weighted by Gasteiger charge is 2.11. The number of H-pyrrole nitrogens is 1. The number of aromatic amines is 1. The second-order valence-electron chi connectivity index (χ2n) is 5.14. The van der Waals surface area contributed by atoms with Crippen molar-refractivity contribution in [1.82, 2.24) is 14.8 Å². The fourth-order valence-corrected chi connectivity index (χ4v) is 2.60. The highest BCUT2D eigenvalue weighted by Crippen LogP contribution is 2.27. The Kier molecular flexibility index (Phi) is 3.33. The molecule has 104 valence electrons. The van der Waals surface area contributed by atoms with Crippen molar-refractivity contribution < 1.29 is 0 Å². The first-order valence-corrected chi connectivity index (χ1v) is 6.84. The zero-order chi connectivity index (χ0) is 14.8. The lowest BCUT2D eigenvalue weighted by atomic mass is 10.0. The van der Waals surface area contributed by atoms with Gasteiger partial charge in [0.25, 0.3) is 0 Å². The monoisotopic (exact) mass is 276 g/mol. The molecule has 0 spiro atoms. The molecule has 1 N–H and O–H groups in total. The summed E-state index contributed by atoms with van der Waals surface area (Å²) in [7, 11) is 0. The van der Waals surface area contributed by atoms with Crippen molar-refractivity contribution in [2.75, 3.05) is 0 Å². The fraction of sp³-hybridized carbons (Fsp3) is 0.176. The smallest absolute Gasteiger partial charge is 0.0991 e. The van der Waals surface area contributed by atoms with E-state index in [2.05, 4.69) is 40.7 Å². The zero-order valence-corrected chi connectivity index (χ0v) is 12.1. The van der Waals surface area contributed by atoms with Gasteiger partial charge in [-0.3, -0.25) is 5.10 Å². The van der Waals surface area contributed by atoms with E-state index in [9.17, 15) is 0 Å². The van der Waals surface area contributed by atoms with Crippen molar-refractivity contribution in [3.63, 3.8) is 0 Å². The van der Waals surface area contributed by atoms with E-state index in [4.69, 9.17) is 5.26 Å². The first-order chi connectivity index (χ1) is 10.2. The van der Waals surface area contributed by atoms with Gasteiger partial charge in [-0.05, 0) is 43.7 Å². The Hall–Kier alpha value is -2.80. The number of nitriles is 1. The van der Waals surface area contributed by atoms with Crippen LogP contribution in [0.5, 0.6) is 0 Å². The summed E-state index contributed by atoms with van der Waals surface area (Å²) in [5.41, 5.74) is 6.54. The van der Waals surface area contributed by atoms with E-state index in [1.54, 1.807) is 6.20 Å². The molecule has 0 amide bonds. The van der Waals surface area contributed by atoms with Crippen molar-refractivity contribution >= 4 is 0 Å². The number of nitrogens with zero attached hydrogens (tertiary/aromatic N) is 3. The molecular weight excluding hydrogens is 260 g/mol. The number of nitrogens with one attached hydrogen (secondary N) is 1. The van der Waals surface area contributed by atoms with Crippen LogP contribution in [0.4, 0.5) is 0 Å². The minimum atomic E-state index is 0.685. The molecule has 0 atom stereocenters. The number of hydrogen-bond donors (Lipinski definition) is 1. The van der Waals surface area contributed by atoms with Gasteiger partial charge in [-0.15, -0.1) is 0 Å². The van der Waals surface area contributed by atoms with Crippen LogP contribution in [0, 0.1) is 25.2 Å². The molecule has 21 heavy (non-hydrogen) atoms. The second kappa shape index (κ2) is 5.29. The Morgan fingerprint density at radius 3 is 2.57 bits per heavy atom. The van der Waals surface area contributed by atoms with Gasteiger partial charge in [0.05, 0.1) is 23.9 Å². The van der Waals surface area contributed by atoms with Gasteiger partial charge in [0.2, 0.25) is 0 Å². The van der Waals surface area contributed by atoms with E-state index in [0.717, 1.165) is 17.8 Å². The molecule has 0 saturated carbocycles. The lowest BCUT2D eigenvalue weighted by Crippen LogP contribution is -2.04. The molecule has 0 unspecified atom stereocenters. The summed E-state index contributed by atoms with van der Waals surface area (Å²) >= 11 is 0. The molecular formula is C17H16N4. The molecule has 1 aromatic carbocycles. The molecule has 0 saturated heterocycles. The summed E-state index contributed by atoms with van der Waals surface area (Å²) in [5.74, 6) is 0. The van der Waals surface area contributed by atoms with E-state index in [-0.39, 0.29) is 0 Å². The van der Waals surface area contributed by atoms with Gasteiger partial charge in [0, 0.05) is 23.1 Å². The van der Waals surface area contributed by atoms with E-state index in [1.165, 1.54) is 17.0 Å². The van der Waals surface area contributed by atoms with Crippen LogP contribution in [-0.4, -0.2) is 14.8 Å². The van der Waals surface area contributed by atoms with E-state index >= 15 is 0 Å². The Morgan fingerprint density at radius 1 is 1.19 bits per heavy atom. The Labute approximate surface area is 123 Å². The van der Waals surface area contributed by atoms with Gasteiger partial charge in [0.1, 0.15) is 0 Å². The Bertz CT molecular complexity index is 787. The molecule has 3 rings (SSSR count). The number of aromatic nitrogens is 3. The number of rotatable bonds is 3. The lowest BCUT2D eigenvalue weighted by Gasteiger charge is -2.08. The van der Waals surface area contributed by atoms with E-state index < -0.39 is 0 Å². The molecule has 0 bridgehead atoms. The van der Waals surface area contributed by atoms with Gasteiger partial charge in [0.15, 0.2) is 0 Å².